The second-order valence-electron chi connectivity index (χ2n) is 4.79. The Balaban J connectivity index is 2.96. The first-order valence-corrected chi connectivity index (χ1v) is 5.91. The van der Waals surface area contributed by atoms with Crippen LogP contribution in [0.5, 0.6) is 5.75 Å². The molecule has 0 aromatic heterocycles. The molecular weight excluding hydrogens is 198 g/mol. The predicted octanol–water partition coefficient (Wildman–Crippen LogP) is 2.89. The molecule has 0 saturated heterocycles. The van der Waals surface area contributed by atoms with Crippen molar-refractivity contribution in [3.63, 3.8) is 0 Å². The molecule has 0 saturated carbocycles. The van der Waals surface area contributed by atoms with Crippen molar-refractivity contribution in [1.82, 2.24) is 4.90 Å². The number of hydrogen-bond acceptors (Lipinski definition) is 2. The standard InChI is InChI=1S/C14H23NO/c1-6-12(15(4)5)9-14-10(2)7-13(16)8-11(14)3/h7-8,12,16H,6,9H2,1-5H3/t12-/m1/s1. The van der Waals surface area contributed by atoms with Crippen LogP contribution in [0, 0.1) is 13.8 Å². The topological polar surface area (TPSA) is 23.5 Å². The third-order valence-corrected chi connectivity index (χ3v) is 3.32. The van der Waals surface area contributed by atoms with Crippen LogP contribution >= 0.6 is 0 Å². The van der Waals surface area contributed by atoms with E-state index in [0.717, 1.165) is 12.8 Å². The van der Waals surface area contributed by atoms with Crippen LogP contribution in [-0.4, -0.2) is 30.1 Å². The summed E-state index contributed by atoms with van der Waals surface area (Å²) in [5.74, 6) is 0.372. The summed E-state index contributed by atoms with van der Waals surface area (Å²) in [4.78, 5) is 2.27. The van der Waals surface area contributed by atoms with Crippen molar-refractivity contribution in [3.05, 3.63) is 28.8 Å². The summed E-state index contributed by atoms with van der Waals surface area (Å²) in [6.07, 6.45) is 2.20. The van der Waals surface area contributed by atoms with Gasteiger partial charge in [0.1, 0.15) is 5.75 Å². The molecule has 2 heteroatoms. The van der Waals surface area contributed by atoms with Crippen molar-refractivity contribution in [1.29, 1.82) is 0 Å². The number of aromatic hydroxyl groups is 1. The maximum Gasteiger partial charge on any atom is 0.116 e. The molecule has 1 aromatic carbocycles. The number of aryl methyl sites for hydroxylation is 2. The Kier molecular flexibility index (Phi) is 4.36. The van der Waals surface area contributed by atoms with E-state index in [1.54, 1.807) is 0 Å². The van der Waals surface area contributed by atoms with E-state index in [2.05, 4.69) is 39.8 Å². The van der Waals surface area contributed by atoms with E-state index >= 15 is 0 Å². The molecule has 0 aliphatic heterocycles. The highest BCUT2D eigenvalue weighted by Crippen LogP contribution is 2.23. The number of likely N-dealkylation sites (N-methyl/N-ethyl adjacent to an activating group) is 1. The number of phenols is 1. The number of benzene rings is 1. The highest BCUT2D eigenvalue weighted by Gasteiger charge is 2.13. The summed E-state index contributed by atoms with van der Waals surface area (Å²) in [6, 6.07) is 4.28. The molecule has 1 N–H and O–H groups in total. The number of nitrogens with zero attached hydrogens (tertiary/aromatic N) is 1. The summed E-state index contributed by atoms with van der Waals surface area (Å²) in [5.41, 5.74) is 3.76. The number of rotatable bonds is 4. The minimum atomic E-state index is 0.372. The first kappa shape index (κ1) is 13.0. The maximum atomic E-state index is 9.51. The van der Waals surface area contributed by atoms with Crippen molar-refractivity contribution < 1.29 is 5.11 Å². The minimum absolute atomic E-state index is 0.372. The van der Waals surface area contributed by atoms with Gasteiger partial charge in [-0.25, -0.2) is 0 Å². The average Bonchev–Trinajstić information content (AvgIpc) is 2.15. The highest BCUT2D eigenvalue weighted by atomic mass is 16.3. The Morgan fingerprint density at radius 2 is 1.69 bits per heavy atom. The van der Waals surface area contributed by atoms with Gasteiger partial charge >= 0.3 is 0 Å². The van der Waals surface area contributed by atoms with Crippen LogP contribution in [-0.2, 0) is 6.42 Å². The monoisotopic (exact) mass is 221 g/mol. The Hall–Kier alpha value is -1.02. The van der Waals surface area contributed by atoms with Crippen molar-refractivity contribution in [2.45, 2.75) is 39.7 Å². The van der Waals surface area contributed by atoms with Crippen molar-refractivity contribution in [3.8, 4) is 5.75 Å². The lowest BCUT2D eigenvalue weighted by atomic mass is 9.94. The Bertz CT molecular complexity index is 335. The molecule has 0 aliphatic rings. The summed E-state index contributed by atoms with van der Waals surface area (Å²) >= 11 is 0. The van der Waals surface area contributed by atoms with Crippen LogP contribution in [0.4, 0.5) is 0 Å². The predicted molar refractivity (Wildman–Crippen MR) is 69.1 cm³/mol. The maximum absolute atomic E-state index is 9.51. The lowest BCUT2D eigenvalue weighted by Crippen LogP contribution is -2.29. The van der Waals surface area contributed by atoms with Gasteiger partial charge in [-0.3, -0.25) is 0 Å². The van der Waals surface area contributed by atoms with E-state index in [1.807, 2.05) is 12.1 Å². The Labute approximate surface area is 98.9 Å². The number of phenolic OH excluding ortho intramolecular Hbond substituents is 1. The van der Waals surface area contributed by atoms with Gasteiger partial charge in [-0.1, -0.05) is 6.92 Å². The normalized spacial score (nSPS) is 13.1. The fourth-order valence-electron chi connectivity index (χ4n) is 2.22. The molecule has 90 valence electrons. The molecular formula is C14H23NO. The summed E-state index contributed by atoms with van der Waals surface area (Å²) in [5, 5.41) is 9.51. The molecule has 0 heterocycles. The van der Waals surface area contributed by atoms with Gasteiger partial charge in [-0.15, -0.1) is 0 Å². The zero-order valence-corrected chi connectivity index (χ0v) is 11.0. The number of hydrogen-bond donors (Lipinski definition) is 1. The van der Waals surface area contributed by atoms with Crippen LogP contribution < -0.4 is 0 Å². The first-order valence-electron chi connectivity index (χ1n) is 5.91. The van der Waals surface area contributed by atoms with E-state index in [9.17, 15) is 5.11 Å². The lowest BCUT2D eigenvalue weighted by molar-refractivity contribution is 0.283. The molecule has 16 heavy (non-hydrogen) atoms. The van der Waals surface area contributed by atoms with E-state index < -0.39 is 0 Å². The van der Waals surface area contributed by atoms with Crippen LogP contribution in [0.1, 0.15) is 30.0 Å². The van der Waals surface area contributed by atoms with Crippen LogP contribution in [0.2, 0.25) is 0 Å². The molecule has 0 radical (unpaired) electrons. The van der Waals surface area contributed by atoms with Gasteiger partial charge in [-0.05, 0) is 69.6 Å². The zero-order valence-electron chi connectivity index (χ0n) is 11.0. The molecule has 0 bridgehead atoms. The molecule has 1 rings (SSSR count). The fraction of sp³-hybridized carbons (Fsp3) is 0.571. The molecule has 1 atom stereocenters. The zero-order chi connectivity index (χ0) is 12.3. The molecule has 1 aromatic rings. The second kappa shape index (κ2) is 5.35. The lowest BCUT2D eigenvalue weighted by Gasteiger charge is -2.24. The van der Waals surface area contributed by atoms with Gasteiger partial charge in [0.15, 0.2) is 0 Å². The SMILES string of the molecule is CC[C@H](Cc1c(C)cc(O)cc1C)N(C)C. The summed E-state index contributed by atoms with van der Waals surface area (Å²) in [6.45, 7) is 6.37. The third kappa shape index (κ3) is 2.99. The molecule has 0 amide bonds. The van der Waals surface area contributed by atoms with Crippen LogP contribution in [0.15, 0.2) is 12.1 Å². The van der Waals surface area contributed by atoms with Crippen molar-refractivity contribution in [2.75, 3.05) is 14.1 Å². The quantitative estimate of drug-likeness (QED) is 0.845. The summed E-state index contributed by atoms with van der Waals surface area (Å²) in [7, 11) is 4.25. The van der Waals surface area contributed by atoms with Gasteiger partial charge in [0.25, 0.3) is 0 Å². The molecule has 0 unspecified atom stereocenters. The van der Waals surface area contributed by atoms with Gasteiger partial charge in [0.05, 0.1) is 0 Å². The molecule has 0 spiro atoms. The molecule has 0 fully saturated rings. The van der Waals surface area contributed by atoms with E-state index in [4.69, 9.17) is 0 Å². The van der Waals surface area contributed by atoms with E-state index in [0.29, 0.717) is 11.8 Å². The fourth-order valence-corrected chi connectivity index (χ4v) is 2.22. The molecule has 0 aliphatic carbocycles. The Morgan fingerprint density at radius 1 is 1.19 bits per heavy atom. The van der Waals surface area contributed by atoms with Gasteiger partial charge in [0.2, 0.25) is 0 Å². The molecule has 2 nitrogen and oxygen atoms in total. The van der Waals surface area contributed by atoms with Gasteiger partial charge < -0.3 is 10.0 Å². The third-order valence-electron chi connectivity index (χ3n) is 3.32. The van der Waals surface area contributed by atoms with E-state index in [-0.39, 0.29) is 0 Å². The Morgan fingerprint density at radius 3 is 2.06 bits per heavy atom. The van der Waals surface area contributed by atoms with Gasteiger partial charge in [0, 0.05) is 6.04 Å². The first-order chi connectivity index (χ1) is 7.45. The van der Waals surface area contributed by atoms with Crippen molar-refractivity contribution in [2.24, 2.45) is 0 Å². The second-order valence-corrected chi connectivity index (χ2v) is 4.79. The van der Waals surface area contributed by atoms with Crippen molar-refractivity contribution >= 4 is 0 Å². The van der Waals surface area contributed by atoms with Crippen LogP contribution in [0.25, 0.3) is 0 Å². The minimum Gasteiger partial charge on any atom is -0.508 e. The van der Waals surface area contributed by atoms with Crippen LogP contribution in [0.3, 0.4) is 0 Å². The van der Waals surface area contributed by atoms with Gasteiger partial charge in [-0.2, -0.15) is 0 Å². The smallest absolute Gasteiger partial charge is 0.116 e. The largest absolute Gasteiger partial charge is 0.508 e. The highest BCUT2D eigenvalue weighted by molar-refractivity contribution is 5.40. The van der Waals surface area contributed by atoms with E-state index in [1.165, 1.54) is 16.7 Å². The average molecular weight is 221 g/mol. The summed E-state index contributed by atoms with van der Waals surface area (Å²) < 4.78 is 0.